The van der Waals surface area contributed by atoms with Crippen molar-refractivity contribution in [3.05, 3.63) is 57.9 Å². The smallest absolute Gasteiger partial charge is 0.152 e. The fourth-order valence-corrected chi connectivity index (χ4v) is 2.31. The second-order valence-electron chi connectivity index (χ2n) is 4.48. The zero-order valence-electron chi connectivity index (χ0n) is 10.8. The van der Waals surface area contributed by atoms with Gasteiger partial charge in [-0.1, -0.05) is 23.7 Å². The van der Waals surface area contributed by atoms with E-state index in [-0.39, 0.29) is 12.3 Å². The first-order valence-electron chi connectivity index (χ1n) is 5.91. The Morgan fingerprint density at radius 2 is 1.84 bits per heavy atom. The third-order valence-electron chi connectivity index (χ3n) is 2.91. The van der Waals surface area contributed by atoms with Crippen molar-refractivity contribution in [2.24, 2.45) is 0 Å². The average molecular weight is 280 g/mol. The van der Waals surface area contributed by atoms with Crippen molar-refractivity contribution < 1.29 is 9.13 Å². The minimum Gasteiger partial charge on any atom is -0.488 e. The van der Waals surface area contributed by atoms with Crippen molar-refractivity contribution >= 4 is 17.3 Å². The monoisotopic (exact) mass is 279 g/mol. The Morgan fingerprint density at radius 3 is 2.47 bits per heavy atom. The maximum absolute atomic E-state index is 13.7. The molecule has 0 heterocycles. The number of hydrogen-bond acceptors (Lipinski definition) is 2. The summed E-state index contributed by atoms with van der Waals surface area (Å²) in [5.41, 5.74) is 7.94. The van der Waals surface area contributed by atoms with Crippen LogP contribution in [0.3, 0.4) is 0 Å². The number of rotatable bonds is 3. The summed E-state index contributed by atoms with van der Waals surface area (Å²) in [6, 6.07) is 8.53. The van der Waals surface area contributed by atoms with Crippen LogP contribution in [-0.2, 0) is 6.61 Å². The van der Waals surface area contributed by atoms with E-state index in [9.17, 15) is 4.39 Å². The highest BCUT2D eigenvalue weighted by Gasteiger charge is 2.09. The quantitative estimate of drug-likeness (QED) is 0.852. The van der Waals surface area contributed by atoms with Crippen molar-refractivity contribution in [2.45, 2.75) is 20.5 Å². The lowest BCUT2D eigenvalue weighted by molar-refractivity contribution is 0.296. The van der Waals surface area contributed by atoms with Crippen LogP contribution in [0.4, 0.5) is 10.1 Å². The SMILES string of the molecule is Cc1cc(Cl)cc(C)c1OCc1cccc(N)c1F. The number of halogens is 2. The van der Waals surface area contributed by atoms with Crippen molar-refractivity contribution in [3.63, 3.8) is 0 Å². The molecule has 0 aliphatic carbocycles. The molecule has 0 unspecified atom stereocenters. The summed E-state index contributed by atoms with van der Waals surface area (Å²) in [6.07, 6.45) is 0. The summed E-state index contributed by atoms with van der Waals surface area (Å²) in [7, 11) is 0. The van der Waals surface area contributed by atoms with Gasteiger partial charge in [-0.3, -0.25) is 0 Å². The van der Waals surface area contributed by atoms with Crippen molar-refractivity contribution in [2.75, 3.05) is 5.73 Å². The Morgan fingerprint density at radius 1 is 1.21 bits per heavy atom. The second kappa shape index (κ2) is 5.49. The number of benzene rings is 2. The maximum atomic E-state index is 13.7. The number of nitrogens with two attached hydrogens (primary N) is 1. The van der Waals surface area contributed by atoms with Gasteiger partial charge in [-0.25, -0.2) is 4.39 Å². The lowest BCUT2D eigenvalue weighted by atomic mass is 10.1. The van der Waals surface area contributed by atoms with E-state index in [4.69, 9.17) is 22.1 Å². The van der Waals surface area contributed by atoms with Crippen LogP contribution < -0.4 is 10.5 Å². The number of aryl methyl sites for hydroxylation is 2. The highest BCUT2D eigenvalue weighted by molar-refractivity contribution is 6.30. The van der Waals surface area contributed by atoms with E-state index in [1.54, 1.807) is 12.1 Å². The molecule has 0 amide bonds. The molecule has 0 radical (unpaired) electrons. The molecule has 0 aliphatic rings. The fraction of sp³-hybridized carbons (Fsp3) is 0.200. The topological polar surface area (TPSA) is 35.2 Å². The molecule has 0 bridgehead atoms. The molecule has 2 aromatic rings. The standard InChI is InChI=1S/C15H15ClFNO/c1-9-6-12(16)7-10(2)15(9)19-8-11-4-3-5-13(18)14(11)17/h3-7H,8,18H2,1-2H3. The van der Waals surface area contributed by atoms with Crippen molar-refractivity contribution in [1.82, 2.24) is 0 Å². The molecule has 0 aromatic heterocycles. The molecule has 4 heteroatoms. The van der Waals surface area contributed by atoms with Crippen LogP contribution in [0.1, 0.15) is 16.7 Å². The van der Waals surface area contributed by atoms with Crippen LogP contribution in [0.5, 0.6) is 5.75 Å². The predicted molar refractivity (Wildman–Crippen MR) is 76.1 cm³/mol. The van der Waals surface area contributed by atoms with E-state index in [2.05, 4.69) is 0 Å². The average Bonchev–Trinajstić information content (AvgIpc) is 2.33. The van der Waals surface area contributed by atoms with E-state index in [0.717, 1.165) is 16.9 Å². The summed E-state index contributed by atoms with van der Waals surface area (Å²) in [4.78, 5) is 0. The van der Waals surface area contributed by atoms with E-state index in [0.29, 0.717) is 10.6 Å². The van der Waals surface area contributed by atoms with Gasteiger partial charge in [-0.15, -0.1) is 0 Å². The lowest BCUT2D eigenvalue weighted by Gasteiger charge is -2.13. The molecular weight excluding hydrogens is 265 g/mol. The molecule has 19 heavy (non-hydrogen) atoms. The molecule has 0 saturated heterocycles. The van der Waals surface area contributed by atoms with E-state index in [1.165, 1.54) is 6.07 Å². The molecule has 2 N–H and O–H groups in total. The van der Waals surface area contributed by atoms with Gasteiger partial charge in [0.1, 0.15) is 12.4 Å². The first-order chi connectivity index (χ1) is 8.99. The molecule has 100 valence electrons. The fourth-order valence-electron chi connectivity index (χ4n) is 1.99. The van der Waals surface area contributed by atoms with Crippen LogP contribution >= 0.6 is 11.6 Å². The summed E-state index contributed by atoms with van der Waals surface area (Å²) in [5.74, 6) is 0.304. The van der Waals surface area contributed by atoms with Crippen LogP contribution in [-0.4, -0.2) is 0 Å². The zero-order valence-corrected chi connectivity index (χ0v) is 11.6. The van der Waals surface area contributed by atoms with Gasteiger partial charge in [0, 0.05) is 10.6 Å². The highest BCUT2D eigenvalue weighted by Crippen LogP contribution is 2.28. The minimum absolute atomic E-state index is 0.130. The molecule has 2 aromatic carbocycles. The third kappa shape index (κ3) is 2.99. The van der Waals surface area contributed by atoms with Crippen LogP contribution in [0.15, 0.2) is 30.3 Å². The normalized spacial score (nSPS) is 10.5. The van der Waals surface area contributed by atoms with Gasteiger partial charge in [0.05, 0.1) is 5.69 Å². The maximum Gasteiger partial charge on any atom is 0.152 e. The summed E-state index contributed by atoms with van der Waals surface area (Å²) >= 11 is 5.95. The van der Waals surface area contributed by atoms with Gasteiger partial charge in [0.25, 0.3) is 0 Å². The molecule has 0 atom stereocenters. The van der Waals surface area contributed by atoms with E-state index in [1.807, 2.05) is 26.0 Å². The summed E-state index contributed by atoms with van der Waals surface area (Å²) < 4.78 is 19.4. The Balaban J connectivity index is 2.22. The lowest BCUT2D eigenvalue weighted by Crippen LogP contribution is -2.03. The number of anilines is 1. The summed E-state index contributed by atoms with van der Waals surface area (Å²) in [5, 5.41) is 0.664. The first kappa shape index (κ1) is 13.7. The van der Waals surface area contributed by atoms with Gasteiger partial charge in [0.15, 0.2) is 5.82 Å². The minimum atomic E-state index is -0.424. The van der Waals surface area contributed by atoms with E-state index < -0.39 is 5.82 Å². The Labute approximate surface area is 117 Å². The zero-order chi connectivity index (χ0) is 14.0. The second-order valence-corrected chi connectivity index (χ2v) is 4.91. The van der Waals surface area contributed by atoms with Crippen LogP contribution in [0, 0.1) is 19.7 Å². The number of ether oxygens (including phenoxy) is 1. The Hall–Kier alpha value is -1.74. The molecule has 0 saturated carbocycles. The molecule has 2 nitrogen and oxygen atoms in total. The van der Waals surface area contributed by atoms with Gasteiger partial charge < -0.3 is 10.5 Å². The highest BCUT2D eigenvalue weighted by atomic mass is 35.5. The van der Waals surface area contributed by atoms with Crippen LogP contribution in [0.2, 0.25) is 5.02 Å². The number of hydrogen-bond donors (Lipinski definition) is 1. The first-order valence-corrected chi connectivity index (χ1v) is 6.29. The van der Waals surface area contributed by atoms with Gasteiger partial charge in [-0.05, 0) is 43.2 Å². The van der Waals surface area contributed by atoms with Crippen LogP contribution in [0.25, 0.3) is 0 Å². The van der Waals surface area contributed by atoms with Gasteiger partial charge in [0.2, 0.25) is 0 Å². The molecule has 0 aliphatic heterocycles. The Bertz CT molecular complexity index is 590. The Kier molecular flexibility index (Phi) is 3.96. The molecule has 0 spiro atoms. The molecular formula is C15H15ClFNO. The molecule has 0 fully saturated rings. The van der Waals surface area contributed by atoms with Gasteiger partial charge in [-0.2, -0.15) is 0 Å². The largest absolute Gasteiger partial charge is 0.488 e. The van der Waals surface area contributed by atoms with Crippen molar-refractivity contribution in [1.29, 1.82) is 0 Å². The number of nitrogen functional groups attached to an aromatic ring is 1. The van der Waals surface area contributed by atoms with E-state index >= 15 is 0 Å². The van der Waals surface area contributed by atoms with Gasteiger partial charge >= 0.3 is 0 Å². The summed E-state index contributed by atoms with van der Waals surface area (Å²) in [6.45, 7) is 3.95. The van der Waals surface area contributed by atoms with Crippen molar-refractivity contribution in [3.8, 4) is 5.75 Å². The third-order valence-corrected chi connectivity index (χ3v) is 3.12. The molecule has 2 rings (SSSR count). The predicted octanol–water partition coefficient (Wildman–Crippen LogP) is 4.26.